The van der Waals surface area contributed by atoms with Crippen molar-refractivity contribution in [3.8, 4) is 0 Å². The molecule has 6 fully saturated rings. The van der Waals surface area contributed by atoms with Crippen LogP contribution in [-0.2, 0) is 95.3 Å². The van der Waals surface area contributed by atoms with Crippen LogP contribution < -0.4 is 0 Å². The zero-order valence-electron chi connectivity index (χ0n) is 54.4. The van der Waals surface area contributed by atoms with Crippen molar-refractivity contribution in [2.24, 2.45) is 0 Å². The summed E-state index contributed by atoms with van der Waals surface area (Å²) in [4.78, 5) is 117. The van der Waals surface area contributed by atoms with Crippen LogP contribution in [0.1, 0.15) is 19.3 Å². The van der Waals surface area contributed by atoms with E-state index < -0.39 is 238 Å². The van der Waals surface area contributed by atoms with Gasteiger partial charge in [-0.3, -0.25) is 0 Å². The highest BCUT2D eigenvalue weighted by Crippen LogP contribution is 2.81. The summed E-state index contributed by atoms with van der Waals surface area (Å²) in [5, 5.41) is 10.1. The van der Waals surface area contributed by atoms with Gasteiger partial charge in [0.25, 0.3) is 16.8 Å². The van der Waals surface area contributed by atoms with Crippen molar-refractivity contribution in [3.63, 3.8) is 0 Å². The number of alkyl halides is 31. The van der Waals surface area contributed by atoms with Crippen molar-refractivity contribution in [2.75, 3.05) is 20.0 Å². The number of esters is 10. The molecule has 6 aliphatic carbocycles. The normalized spacial score (nSPS) is 36.1. The molecule has 0 heterocycles. The van der Waals surface area contributed by atoms with Gasteiger partial charge in [-0.1, -0.05) is 65.8 Å². The van der Waals surface area contributed by atoms with Crippen LogP contribution in [0.25, 0.3) is 0 Å². The van der Waals surface area contributed by atoms with Gasteiger partial charge in [-0.25, -0.2) is 65.5 Å². The summed E-state index contributed by atoms with van der Waals surface area (Å²) >= 11 is 0. The Morgan fingerprint density at radius 3 is 0.696 bits per heavy atom. The SMILES string of the molecule is C=CC(=O)OC1(CF)CC2(OC(=O)C=C)C(F)(F)C(F)(OC(=O)C=C)C(F)(F)C(OC(=O)C=C)(C1(F)F)C2(F)F.C=CC(=O)OC1(F)C(F)(F)C2(OC(=O)C=C)CC(F)(CF)C(F)(F)C(OC(=O)C=C)(C1(F)F)C2(F)F.C=CC(=O)OC1(F)C(F)(F)C2(OC(=O)C=C)CC(O)(CF)C(F)(F)C(OC(=O)C=C)(C1(F)F)C2(F)F. The van der Waals surface area contributed by atoms with Crippen molar-refractivity contribution in [1.82, 2.24) is 0 Å². The first kappa shape index (κ1) is 94.3. The number of rotatable bonds is 23. The zero-order valence-corrected chi connectivity index (χ0v) is 54.4. The molecular weight excluding hydrogens is 1650 g/mol. The van der Waals surface area contributed by atoms with Crippen molar-refractivity contribution in [1.29, 1.82) is 0 Å². The molecule has 0 aromatic heterocycles. The van der Waals surface area contributed by atoms with Crippen LogP contribution in [0, 0.1) is 0 Å². The van der Waals surface area contributed by atoms with Gasteiger partial charge < -0.3 is 52.5 Å². The van der Waals surface area contributed by atoms with E-state index in [2.05, 4.69) is 113 Å². The molecule has 12 unspecified atom stereocenters. The minimum Gasteiger partial charge on any atom is -0.446 e. The molecule has 0 aromatic carbocycles. The van der Waals surface area contributed by atoms with Gasteiger partial charge in [-0.15, -0.1) is 0 Å². The summed E-state index contributed by atoms with van der Waals surface area (Å²) < 4.78 is 515. The van der Waals surface area contributed by atoms with Gasteiger partial charge in [0.1, 0.15) is 20.0 Å². The maximum absolute atomic E-state index is 16.1. The van der Waals surface area contributed by atoms with E-state index in [1.165, 1.54) is 0 Å². The van der Waals surface area contributed by atoms with Gasteiger partial charge in [0.05, 0.1) is 0 Å². The number of hydrogen-bond acceptors (Lipinski definition) is 21. The standard InChI is InChI=1S/C22H16F10O8.C19H13F11O6.C19H14F10O7/c1-5-11(33)37-15(10-23)9-16(38-12(34)6-2)19(26,27)17(18(15,24)25,39-13(35)7-3)21(30,31)22(32,20(16,28)29)40-14(36)8-4;1-4-9(31)34-13-7-12(21,8-20)15(22,23)14(16(13,24)25,35-10(32)5-2)18(28,29)19(30,17(13,26)27)36-11(33)6-3;1-4-9(30)34-13-7-12(33,8-20)15(21,22)14(16(13,23)24,35-10(31)5-2)18(27,28)19(29,17(13,25)26)36-11(32)6-3/h5-8H,1-4,9-10H2;4-6H,1-3,7-8H2;4-6,33H,1-3,7-8H2. The molecule has 0 spiro atoms. The molecule has 0 aliphatic heterocycles. The Labute approximate surface area is 600 Å². The smallest absolute Gasteiger partial charge is 0.386 e. The average Bonchev–Trinajstić information content (AvgIpc) is 0.637. The summed E-state index contributed by atoms with van der Waals surface area (Å²) in [7, 11) is 0. The predicted molar refractivity (Wildman–Crippen MR) is 293 cm³/mol. The molecule has 1 N–H and O–H groups in total. The largest absolute Gasteiger partial charge is 0.446 e. The highest BCUT2D eigenvalue weighted by molar-refractivity contribution is 5.87. The van der Waals surface area contributed by atoms with Gasteiger partial charge >= 0.3 is 165 Å². The molecule has 0 aromatic rings. The molecule has 52 heteroatoms. The van der Waals surface area contributed by atoms with E-state index in [9.17, 15) is 66.2 Å². The van der Waals surface area contributed by atoms with Gasteiger partial charge in [0.15, 0.2) is 5.60 Å². The number of fused-ring (bicyclic) bond motifs is 6. The van der Waals surface area contributed by atoms with Crippen LogP contribution in [0.2, 0.25) is 0 Å². The molecular formula is C60H43F31O21. The van der Waals surface area contributed by atoms with Crippen LogP contribution in [-0.4, -0.2) is 224 Å². The predicted octanol–water partition coefficient (Wildman–Crippen LogP) is 10.6. The summed E-state index contributed by atoms with van der Waals surface area (Å²) in [5.41, 5.74) is -53.1. The van der Waals surface area contributed by atoms with E-state index in [1.54, 1.807) is 0 Å². The Morgan fingerprint density at radius 1 is 0.241 bits per heavy atom. The lowest BCUT2D eigenvalue weighted by Crippen LogP contribution is -2.98. The second-order valence-electron chi connectivity index (χ2n) is 23.4. The number of ether oxygens (including phenoxy) is 10. The summed E-state index contributed by atoms with van der Waals surface area (Å²) in [6.45, 7) is 16.4. The molecule has 112 heavy (non-hydrogen) atoms. The lowest BCUT2D eigenvalue weighted by Gasteiger charge is -2.67. The van der Waals surface area contributed by atoms with Crippen LogP contribution >= 0.6 is 0 Å². The van der Waals surface area contributed by atoms with E-state index in [0.29, 0.717) is 0 Å². The highest BCUT2D eigenvalue weighted by Gasteiger charge is 3.13. The fourth-order valence-electron chi connectivity index (χ4n) is 12.4. The summed E-state index contributed by atoms with van der Waals surface area (Å²) in [5.74, 6) is -128. The van der Waals surface area contributed by atoms with Crippen LogP contribution in [0.5, 0.6) is 0 Å². The Kier molecular flexibility index (Phi) is 23.5. The molecule has 21 nitrogen and oxygen atoms in total. The van der Waals surface area contributed by atoms with E-state index in [4.69, 9.17) is 0 Å². The Morgan fingerprint density at radius 2 is 0.455 bits per heavy atom. The molecule has 0 radical (unpaired) electrons. The topological polar surface area (TPSA) is 283 Å². The van der Waals surface area contributed by atoms with Gasteiger partial charge in [-0.2, -0.15) is 119 Å². The third-order valence-electron chi connectivity index (χ3n) is 17.7. The van der Waals surface area contributed by atoms with E-state index in [0.717, 1.165) is 0 Å². The quantitative estimate of drug-likeness (QED) is 0.0430. The molecule has 6 saturated carbocycles. The fraction of sp³-hybridized carbons (Fsp3) is 0.500. The molecule has 6 bridgehead atoms. The highest BCUT2D eigenvalue weighted by atomic mass is 19.3. The molecule has 6 aliphatic rings. The van der Waals surface area contributed by atoms with E-state index in [1.807, 2.05) is 0 Å². The van der Waals surface area contributed by atoms with Crippen molar-refractivity contribution in [2.45, 2.75) is 158 Å². The third-order valence-corrected chi connectivity index (χ3v) is 17.7. The lowest BCUT2D eigenvalue weighted by atomic mass is 9.51. The maximum Gasteiger partial charge on any atom is 0.386 e. The average molecular weight is 1690 g/mol. The number of aliphatic hydroxyl groups is 1. The van der Waals surface area contributed by atoms with Gasteiger partial charge in [-0.05, 0) is 0 Å². The third kappa shape index (κ3) is 10.6. The molecule has 12 atom stereocenters. The number of hydrogen-bond donors (Lipinski definition) is 1. The van der Waals surface area contributed by atoms with Crippen LogP contribution in [0.15, 0.2) is 127 Å². The monoisotopic (exact) mass is 1690 g/mol. The van der Waals surface area contributed by atoms with Gasteiger partial charge in [0, 0.05) is 80.0 Å². The van der Waals surface area contributed by atoms with E-state index in [-0.39, 0.29) is 60.8 Å². The first-order valence-corrected chi connectivity index (χ1v) is 28.6. The second kappa shape index (κ2) is 27.9. The maximum atomic E-state index is 16.1. The van der Waals surface area contributed by atoms with Crippen LogP contribution in [0.4, 0.5) is 136 Å². The number of halogens is 31. The van der Waals surface area contributed by atoms with E-state index >= 15 is 123 Å². The molecule has 0 amide bonds. The zero-order chi connectivity index (χ0) is 88.2. The van der Waals surface area contributed by atoms with Crippen LogP contribution in [0.3, 0.4) is 0 Å². The lowest BCUT2D eigenvalue weighted by molar-refractivity contribution is -0.547. The Balaban J connectivity index is 0.000000355. The molecule has 0 saturated heterocycles. The fourth-order valence-corrected chi connectivity index (χ4v) is 12.4. The Bertz CT molecular complexity index is 3850. The first-order chi connectivity index (χ1) is 50.3. The Hall–Kier alpha value is -10.1. The van der Waals surface area contributed by atoms with Crippen molar-refractivity contribution in [3.05, 3.63) is 127 Å². The van der Waals surface area contributed by atoms with Crippen molar-refractivity contribution >= 4 is 59.7 Å². The number of carbonyl (C=O) groups is 10. The minimum absolute atomic E-state index is 0.0670. The van der Waals surface area contributed by atoms with Gasteiger partial charge in [0.2, 0.25) is 11.3 Å². The first-order valence-electron chi connectivity index (χ1n) is 28.6. The minimum atomic E-state index is -7.31. The summed E-state index contributed by atoms with van der Waals surface area (Å²) in [6, 6.07) is 0. The molecule has 626 valence electrons. The summed E-state index contributed by atoms with van der Waals surface area (Å²) in [6.07, 6.45) is -12.4. The second-order valence-corrected chi connectivity index (χ2v) is 23.4. The number of carbonyl (C=O) groups excluding carboxylic acids is 10. The molecule has 6 rings (SSSR count). The van der Waals surface area contributed by atoms with Crippen molar-refractivity contribution < 1.29 is 237 Å².